The van der Waals surface area contributed by atoms with Crippen molar-refractivity contribution in [2.45, 2.75) is 13.5 Å². The third-order valence-corrected chi connectivity index (χ3v) is 3.89. The van der Waals surface area contributed by atoms with Crippen LogP contribution in [0.15, 0.2) is 24.3 Å². The molecule has 2 N–H and O–H groups in total. The molecule has 21 heavy (non-hydrogen) atoms. The number of aromatic carboxylic acids is 1. The number of para-hydroxylation sites is 1. The smallest absolute Gasteiger partial charge is 0.356 e. The number of aromatic nitrogens is 1. The number of ether oxygens (including phenoxy) is 1. The normalized spacial score (nSPS) is 10.2. The van der Waals surface area contributed by atoms with Crippen LogP contribution in [0.1, 0.15) is 32.6 Å². The Balaban J connectivity index is 2.19. The van der Waals surface area contributed by atoms with Gasteiger partial charge in [0.05, 0.1) is 7.11 Å². The van der Waals surface area contributed by atoms with E-state index in [1.807, 2.05) is 24.3 Å². The summed E-state index contributed by atoms with van der Waals surface area (Å²) in [4.78, 5) is 26.6. The molecular weight excluding hydrogens is 292 g/mol. The number of rotatable bonds is 6. The Labute approximate surface area is 125 Å². The van der Waals surface area contributed by atoms with Crippen molar-refractivity contribution in [1.29, 1.82) is 0 Å². The fraction of sp³-hybridized carbons (Fsp3) is 0.214. The van der Waals surface area contributed by atoms with Crippen LogP contribution in [0.5, 0.6) is 5.75 Å². The molecule has 0 aliphatic carbocycles. The van der Waals surface area contributed by atoms with Crippen LogP contribution >= 0.6 is 11.3 Å². The highest BCUT2D eigenvalue weighted by Crippen LogP contribution is 2.25. The molecule has 0 saturated carbocycles. The molecule has 0 amide bonds. The van der Waals surface area contributed by atoms with Crippen LogP contribution in [0.3, 0.4) is 0 Å². The Bertz CT molecular complexity index is 650. The molecule has 0 spiro atoms. The highest BCUT2D eigenvalue weighted by Gasteiger charge is 2.20. The number of anilines is 1. The summed E-state index contributed by atoms with van der Waals surface area (Å²) in [5.41, 5.74) is 0.700. The van der Waals surface area contributed by atoms with Gasteiger partial charge in [-0.1, -0.05) is 29.5 Å². The molecule has 7 heteroatoms. The lowest BCUT2D eigenvalue weighted by atomic mass is 10.2. The summed E-state index contributed by atoms with van der Waals surface area (Å²) in [6.45, 7) is 1.75. The van der Waals surface area contributed by atoms with Gasteiger partial charge in [0.15, 0.2) is 16.6 Å². The molecule has 2 rings (SSSR count). The van der Waals surface area contributed by atoms with Crippen molar-refractivity contribution >= 4 is 28.2 Å². The van der Waals surface area contributed by atoms with Crippen molar-refractivity contribution in [3.8, 4) is 5.75 Å². The number of nitrogens with zero attached hydrogens (tertiary/aromatic N) is 1. The molecule has 1 heterocycles. The number of carboxylic acid groups (broad SMARTS) is 1. The molecule has 0 bridgehead atoms. The van der Waals surface area contributed by atoms with Gasteiger partial charge in [-0.05, 0) is 6.07 Å². The van der Waals surface area contributed by atoms with Gasteiger partial charge in [0.2, 0.25) is 0 Å². The highest BCUT2D eigenvalue weighted by molar-refractivity contribution is 7.17. The largest absolute Gasteiger partial charge is 0.496 e. The lowest BCUT2D eigenvalue weighted by Crippen LogP contribution is -2.04. The maximum atomic E-state index is 11.4. The Morgan fingerprint density at radius 3 is 2.67 bits per heavy atom. The van der Waals surface area contributed by atoms with Crippen LogP contribution in [-0.4, -0.2) is 29.0 Å². The summed E-state index contributed by atoms with van der Waals surface area (Å²) in [5.74, 6) is -0.788. The minimum absolute atomic E-state index is 0.144. The second kappa shape index (κ2) is 6.36. The highest BCUT2D eigenvalue weighted by atomic mass is 32.1. The topological polar surface area (TPSA) is 88.5 Å². The molecule has 1 aromatic carbocycles. The van der Waals surface area contributed by atoms with Gasteiger partial charge in [0.1, 0.15) is 10.6 Å². The van der Waals surface area contributed by atoms with Gasteiger partial charge in [0, 0.05) is 19.0 Å². The summed E-state index contributed by atoms with van der Waals surface area (Å²) in [7, 11) is 1.58. The second-order valence-corrected chi connectivity index (χ2v) is 5.22. The van der Waals surface area contributed by atoms with E-state index in [9.17, 15) is 9.59 Å². The van der Waals surface area contributed by atoms with E-state index in [2.05, 4.69) is 10.3 Å². The first-order valence-electron chi connectivity index (χ1n) is 6.13. The number of nitrogens with one attached hydrogen (secondary N) is 1. The van der Waals surface area contributed by atoms with Gasteiger partial charge in [-0.25, -0.2) is 9.78 Å². The van der Waals surface area contributed by atoms with Crippen molar-refractivity contribution in [2.24, 2.45) is 0 Å². The zero-order valence-corrected chi connectivity index (χ0v) is 12.4. The standard InChI is InChI=1S/C14H14N2O4S/c1-8(17)12-11(13(18)19)16-14(21-12)15-7-9-5-3-4-6-10(9)20-2/h3-6H,7H2,1-2H3,(H,15,16)(H,18,19). The minimum atomic E-state index is -1.21. The predicted molar refractivity (Wildman–Crippen MR) is 79.4 cm³/mol. The third-order valence-electron chi connectivity index (χ3n) is 2.77. The molecule has 110 valence electrons. The van der Waals surface area contributed by atoms with E-state index in [0.717, 1.165) is 22.6 Å². The predicted octanol–water partition coefficient (Wildman–Crippen LogP) is 2.66. The summed E-state index contributed by atoms with van der Waals surface area (Å²) >= 11 is 1.04. The summed E-state index contributed by atoms with van der Waals surface area (Å²) in [5, 5.41) is 12.4. The summed E-state index contributed by atoms with van der Waals surface area (Å²) in [6, 6.07) is 7.47. The average molecular weight is 306 g/mol. The quantitative estimate of drug-likeness (QED) is 0.798. The molecule has 0 aliphatic heterocycles. The first kappa shape index (κ1) is 15.0. The molecule has 0 radical (unpaired) electrons. The summed E-state index contributed by atoms with van der Waals surface area (Å²) in [6.07, 6.45) is 0. The Kier molecular flexibility index (Phi) is 4.54. The van der Waals surface area contributed by atoms with Crippen LogP contribution in [0.25, 0.3) is 0 Å². The molecule has 0 aliphatic rings. The first-order valence-corrected chi connectivity index (χ1v) is 6.95. The molecule has 1 aromatic heterocycles. The van der Waals surface area contributed by atoms with E-state index in [1.54, 1.807) is 7.11 Å². The van der Waals surface area contributed by atoms with Crippen molar-refractivity contribution in [3.05, 3.63) is 40.4 Å². The number of carbonyl (C=O) groups excluding carboxylic acids is 1. The maximum Gasteiger partial charge on any atom is 0.356 e. The molecule has 0 unspecified atom stereocenters. The molecule has 0 atom stereocenters. The molecular formula is C14H14N2O4S. The summed E-state index contributed by atoms with van der Waals surface area (Å²) < 4.78 is 5.23. The van der Waals surface area contributed by atoms with Gasteiger partial charge >= 0.3 is 5.97 Å². The minimum Gasteiger partial charge on any atom is -0.496 e. The van der Waals surface area contributed by atoms with Crippen LogP contribution in [0.2, 0.25) is 0 Å². The third kappa shape index (κ3) is 3.38. The van der Waals surface area contributed by atoms with Crippen LogP contribution in [-0.2, 0) is 6.54 Å². The number of benzene rings is 1. The lowest BCUT2D eigenvalue weighted by molar-refractivity contribution is 0.0687. The molecule has 2 aromatic rings. The number of ketones is 1. The zero-order chi connectivity index (χ0) is 15.4. The number of methoxy groups -OCH3 is 1. The van der Waals surface area contributed by atoms with E-state index in [4.69, 9.17) is 9.84 Å². The van der Waals surface area contributed by atoms with Crippen molar-refractivity contribution < 1.29 is 19.4 Å². The van der Waals surface area contributed by atoms with E-state index in [1.165, 1.54) is 6.92 Å². The van der Waals surface area contributed by atoms with Crippen LogP contribution in [0, 0.1) is 0 Å². The van der Waals surface area contributed by atoms with Gasteiger partial charge < -0.3 is 15.2 Å². The Hall–Kier alpha value is -2.41. The number of hydrogen-bond donors (Lipinski definition) is 2. The molecule has 6 nitrogen and oxygen atoms in total. The average Bonchev–Trinajstić information content (AvgIpc) is 2.90. The number of hydrogen-bond acceptors (Lipinski definition) is 6. The number of carbonyl (C=O) groups is 2. The van der Waals surface area contributed by atoms with Gasteiger partial charge in [-0.15, -0.1) is 0 Å². The van der Waals surface area contributed by atoms with Crippen LogP contribution < -0.4 is 10.1 Å². The van der Waals surface area contributed by atoms with Gasteiger partial charge in [0.25, 0.3) is 0 Å². The monoisotopic (exact) mass is 306 g/mol. The van der Waals surface area contributed by atoms with E-state index >= 15 is 0 Å². The van der Waals surface area contributed by atoms with Crippen molar-refractivity contribution in [3.63, 3.8) is 0 Å². The van der Waals surface area contributed by atoms with E-state index in [0.29, 0.717) is 11.7 Å². The number of thiazole rings is 1. The second-order valence-electron chi connectivity index (χ2n) is 4.22. The lowest BCUT2D eigenvalue weighted by Gasteiger charge is -2.08. The van der Waals surface area contributed by atoms with Crippen molar-refractivity contribution in [2.75, 3.05) is 12.4 Å². The van der Waals surface area contributed by atoms with Gasteiger partial charge in [-0.2, -0.15) is 0 Å². The first-order chi connectivity index (χ1) is 10.0. The SMILES string of the molecule is COc1ccccc1CNc1nc(C(=O)O)c(C(C)=O)s1. The zero-order valence-electron chi connectivity index (χ0n) is 11.5. The Morgan fingerprint density at radius 2 is 2.10 bits per heavy atom. The fourth-order valence-electron chi connectivity index (χ4n) is 1.80. The van der Waals surface area contributed by atoms with E-state index in [-0.39, 0.29) is 16.4 Å². The number of Topliss-reactive ketones (excluding diaryl/α,β-unsaturated/α-hetero) is 1. The fourth-order valence-corrected chi connectivity index (χ4v) is 2.65. The van der Waals surface area contributed by atoms with Crippen LogP contribution in [0.4, 0.5) is 5.13 Å². The van der Waals surface area contributed by atoms with E-state index < -0.39 is 5.97 Å². The maximum absolute atomic E-state index is 11.4. The molecule has 0 saturated heterocycles. The molecule has 0 fully saturated rings. The van der Waals surface area contributed by atoms with Crippen molar-refractivity contribution in [1.82, 2.24) is 4.98 Å². The van der Waals surface area contributed by atoms with Gasteiger partial charge in [-0.3, -0.25) is 4.79 Å². The number of carboxylic acids is 1. The Morgan fingerprint density at radius 1 is 1.38 bits per heavy atom.